The highest BCUT2D eigenvalue weighted by molar-refractivity contribution is 6.36. The quantitative estimate of drug-likeness (QED) is 0.499. The van der Waals surface area contributed by atoms with Crippen molar-refractivity contribution in [2.24, 2.45) is 5.10 Å². The fourth-order valence-corrected chi connectivity index (χ4v) is 2.16. The maximum atomic E-state index is 11.9. The number of amides is 1. The summed E-state index contributed by atoms with van der Waals surface area (Å²) in [5.41, 5.74) is 2.30. The number of nitrogens with one attached hydrogen (secondary N) is 1. The minimum Gasteiger partial charge on any atom is -0.502 e. The van der Waals surface area contributed by atoms with Crippen molar-refractivity contribution in [3.63, 3.8) is 0 Å². The van der Waals surface area contributed by atoms with Crippen LogP contribution in [0.5, 0.6) is 5.75 Å². The molecule has 2 rings (SSSR count). The van der Waals surface area contributed by atoms with E-state index in [9.17, 15) is 20.0 Å². The molecule has 118 valence electrons. The summed E-state index contributed by atoms with van der Waals surface area (Å²) in [7, 11) is 0. The number of halogens is 2. The first-order valence-electron chi connectivity index (χ1n) is 6.14. The standard InChI is InChI=1S/C14H9Cl2N3O4/c15-9-2-3-10(11(16)6-9)14(21)18-17-7-8-1-4-13(20)12(5-8)19(22)23/h1-7,20H,(H,18,21). The van der Waals surface area contributed by atoms with Crippen LogP contribution in [-0.4, -0.2) is 22.2 Å². The van der Waals surface area contributed by atoms with Gasteiger partial charge in [0.1, 0.15) is 0 Å². The van der Waals surface area contributed by atoms with E-state index < -0.39 is 22.3 Å². The van der Waals surface area contributed by atoms with Crippen molar-refractivity contribution in [3.05, 3.63) is 67.7 Å². The fourth-order valence-electron chi connectivity index (χ4n) is 1.67. The molecule has 7 nitrogen and oxygen atoms in total. The summed E-state index contributed by atoms with van der Waals surface area (Å²) in [4.78, 5) is 21.9. The highest BCUT2D eigenvalue weighted by atomic mass is 35.5. The van der Waals surface area contributed by atoms with Gasteiger partial charge in [0.25, 0.3) is 5.91 Å². The van der Waals surface area contributed by atoms with Gasteiger partial charge in [-0.3, -0.25) is 14.9 Å². The van der Waals surface area contributed by atoms with Crippen LogP contribution in [-0.2, 0) is 0 Å². The predicted octanol–water partition coefficient (Wildman–Crippen LogP) is 3.37. The molecule has 0 unspecified atom stereocenters. The first kappa shape index (κ1) is 16.7. The molecule has 0 aliphatic rings. The molecule has 0 aliphatic heterocycles. The van der Waals surface area contributed by atoms with Crippen LogP contribution in [0, 0.1) is 10.1 Å². The number of rotatable bonds is 4. The molecule has 2 aromatic rings. The number of nitro benzene ring substituents is 1. The molecule has 0 spiro atoms. The Morgan fingerprint density at radius 2 is 2.00 bits per heavy atom. The molecular weight excluding hydrogens is 345 g/mol. The molecule has 2 N–H and O–H groups in total. The van der Waals surface area contributed by atoms with Crippen molar-refractivity contribution in [2.75, 3.05) is 0 Å². The van der Waals surface area contributed by atoms with E-state index in [-0.39, 0.29) is 10.6 Å². The van der Waals surface area contributed by atoms with Gasteiger partial charge >= 0.3 is 5.69 Å². The number of carbonyl (C=O) groups excluding carboxylic acids is 1. The Balaban J connectivity index is 2.11. The van der Waals surface area contributed by atoms with Gasteiger partial charge in [0.05, 0.1) is 21.7 Å². The third-order valence-electron chi connectivity index (χ3n) is 2.75. The maximum absolute atomic E-state index is 11.9. The topological polar surface area (TPSA) is 105 Å². The Morgan fingerprint density at radius 1 is 1.26 bits per heavy atom. The van der Waals surface area contributed by atoms with Gasteiger partial charge in [0, 0.05) is 16.7 Å². The van der Waals surface area contributed by atoms with Crippen molar-refractivity contribution < 1.29 is 14.8 Å². The van der Waals surface area contributed by atoms with Gasteiger partial charge in [-0.1, -0.05) is 23.2 Å². The Bertz CT molecular complexity index is 809. The normalized spacial score (nSPS) is 10.7. The summed E-state index contributed by atoms with van der Waals surface area (Å²) in [6, 6.07) is 8.08. The number of aromatic hydroxyl groups is 1. The van der Waals surface area contributed by atoms with Crippen molar-refractivity contribution in [1.29, 1.82) is 0 Å². The van der Waals surface area contributed by atoms with Crippen LogP contribution in [0.2, 0.25) is 10.0 Å². The zero-order chi connectivity index (χ0) is 17.0. The summed E-state index contributed by atoms with van der Waals surface area (Å²) < 4.78 is 0. The molecule has 0 saturated carbocycles. The van der Waals surface area contributed by atoms with E-state index in [1.54, 1.807) is 0 Å². The molecule has 0 saturated heterocycles. The van der Waals surface area contributed by atoms with E-state index in [0.717, 1.165) is 12.1 Å². The number of hydrazone groups is 1. The first-order valence-corrected chi connectivity index (χ1v) is 6.90. The monoisotopic (exact) mass is 353 g/mol. The number of hydrogen-bond acceptors (Lipinski definition) is 5. The Labute approximate surface area is 140 Å². The lowest BCUT2D eigenvalue weighted by Crippen LogP contribution is -2.18. The lowest BCUT2D eigenvalue weighted by atomic mass is 10.2. The smallest absolute Gasteiger partial charge is 0.311 e. The predicted molar refractivity (Wildman–Crippen MR) is 86.3 cm³/mol. The van der Waals surface area contributed by atoms with Gasteiger partial charge in [-0.2, -0.15) is 5.10 Å². The van der Waals surface area contributed by atoms with Crippen LogP contribution in [0.25, 0.3) is 0 Å². The number of hydrogen-bond donors (Lipinski definition) is 2. The van der Waals surface area contributed by atoms with Gasteiger partial charge in [-0.15, -0.1) is 0 Å². The number of nitro groups is 1. The lowest BCUT2D eigenvalue weighted by molar-refractivity contribution is -0.385. The van der Waals surface area contributed by atoms with Crippen molar-refractivity contribution >= 4 is 41.0 Å². The van der Waals surface area contributed by atoms with Gasteiger partial charge in [-0.05, 0) is 30.3 Å². The van der Waals surface area contributed by atoms with Crippen LogP contribution >= 0.6 is 23.2 Å². The van der Waals surface area contributed by atoms with Crippen molar-refractivity contribution in [2.45, 2.75) is 0 Å². The summed E-state index contributed by atoms with van der Waals surface area (Å²) >= 11 is 11.6. The fraction of sp³-hybridized carbons (Fsp3) is 0. The summed E-state index contributed by atoms with van der Waals surface area (Å²) in [5.74, 6) is -1.01. The summed E-state index contributed by atoms with van der Waals surface area (Å²) in [6.07, 6.45) is 1.20. The molecule has 0 aromatic heterocycles. The Kier molecular flexibility index (Phi) is 5.15. The Morgan fingerprint density at radius 3 is 2.65 bits per heavy atom. The zero-order valence-corrected chi connectivity index (χ0v) is 12.9. The zero-order valence-electron chi connectivity index (χ0n) is 11.4. The van der Waals surface area contributed by atoms with E-state index >= 15 is 0 Å². The molecule has 9 heteroatoms. The summed E-state index contributed by atoms with van der Waals surface area (Å²) in [5, 5.41) is 24.3. The first-order chi connectivity index (χ1) is 10.9. The van der Waals surface area contributed by atoms with Gasteiger partial charge < -0.3 is 5.11 Å². The van der Waals surface area contributed by atoms with Gasteiger partial charge in [0.15, 0.2) is 5.75 Å². The molecule has 1 amide bonds. The highest BCUT2D eigenvalue weighted by Crippen LogP contribution is 2.25. The van der Waals surface area contributed by atoms with Crippen LogP contribution < -0.4 is 5.43 Å². The van der Waals surface area contributed by atoms with Crippen LogP contribution in [0.4, 0.5) is 5.69 Å². The third-order valence-corrected chi connectivity index (χ3v) is 3.30. The minimum atomic E-state index is -0.723. The second-order valence-electron chi connectivity index (χ2n) is 4.33. The largest absolute Gasteiger partial charge is 0.502 e. The van der Waals surface area contributed by atoms with E-state index in [1.807, 2.05) is 0 Å². The number of phenols is 1. The van der Waals surface area contributed by atoms with E-state index in [0.29, 0.717) is 10.6 Å². The van der Waals surface area contributed by atoms with Gasteiger partial charge in [-0.25, -0.2) is 5.43 Å². The second kappa shape index (κ2) is 7.08. The van der Waals surface area contributed by atoms with E-state index in [4.69, 9.17) is 23.2 Å². The molecule has 0 aliphatic carbocycles. The van der Waals surface area contributed by atoms with Gasteiger partial charge in [0.2, 0.25) is 0 Å². The summed E-state index contributed by atoms with van der Waals surface area (Å²) in [6.45, 7) is 0. The minimum absolute atomic E-state index is 0.172. The SMILES string of the molecule is O=C(NN=Cc1ccc(O)c([N+](=O)[O-])c1)c1ccc(Cl)cc1Cl. The number of nitrogens with zero attached hydrogens (tertiary/aromatic N) is 2. The Hall–Kier alpha value is -2.64. The van der Waals surface area contributed by atoms with Crippen LogP contribution in [0.15, 0.2) is 41.5 Å². The third kappa shape index (κ3) is 4.18. The van der Waals surface area contributed by atoms with Crippen molar-refractivity contribution in [1.82, 2.24) is 5.43 Å². The average Bonchev–Trinajstić information content (AvgIpc) is 2.48. The molecular formula is C14H9Cl2N3O4. The van der Waals surface area contributed by atoms with E-state index in [2.05, 4.69) is 10.5 Å². The maximum Gasteiger partial charge on any atom is 0.311 e. The van der Waals surface area contributed by atoms with E-state index in [1.165, 1.54) is 30.5 Å². The molecule has 2 aromatic carbocycles. The number of carbonyl (C=O) groups is 1. The second-order valence-corrected chi connectivity index (χ2v) is 5.17. The average molecular weight is 354 g/mol. The molecule has 0 bridgehead atoms. The molecule has 23 heavy (non-hydrogen) atoms. The molecule has 0 fully saturated rings. The molecule has 0 radical (unpaired) electrons. The lowest BCUT2D eigenvalue weighted by Gasteiger charge is -2.03. The number of benzene rings is 2. The number of phenolic OH excluding ortho intramolecular Hbond substituents is 1. The highest BCUT2D eigenvalue weighted by Gasteiger charge is 2.13. The van der Waals surface area contributed by atoms with Crippen molar-refractivity contribution in [3.8, 4) is 5.75 Å². The molecule has 0 heterocycles. The molecule has 0 atom stereocenters. The van der Waals surface area contributed by atoms with Crippen LogP contribution in [0.1, 0.15) is 15.9 Å². The van der Waals surface area contributed by atoms with Crippen LogP contribution in [0.3, 0.4) is 0 Å².